The van der Waals surface area contributed by atoms with Gasteiger partial charge in [-0.05, 0) is 31.0 Å². The molecule has 0 aromatic carbocycles. The van der Waals surface area contributed by atoms with Gasteiger partial charge < -0.3 is 15.0 Å². The number of pyridine rings is 1. The molecule has 4 heteroatoms. The second-order valence-corrected chi connectivity index (χ2v) is 4.54. The van der Waals surface area contributed by atoms with Crippen molar-refractivity contribution in [1.29, 1.82) is 0 Å². The van der Waals surface area contributed by atoms with Crippen molar-refractivity contribution < 1.29 is 4.74 Å². The highest BCUT2D eigenvalue weighted by Gasteiger charge is 2.21. The monoisotopic (exact) mass is 235 g/mol. The number of rotatable bonds is 6. The van der Waals surface area contributed by atoms with Crippen LogP contribution < -0.4 is 5.32 Å². The number of hydrogen-bond donors (Lipinski definition) is 1. The molecule has 1 atom stereocenters. The van der Waals surface area contributed by atoms with Gasteiger partial charge in [0.05, 0.1) is 6.61 Å². The average molecular weight is 235 g/mol. The van der Waals surface area contributed by atoms with Gasteiger partial charge in [-0.25, -0.2) is 4.98 Å². The van der Waals surface area contributed by atoms with Gasteiger partial charge in [-0.1, -0.05) is 6.07 Å². The molecule has 17 heavy (non-hydrogen) atoms. The van der Waals surface area contributed by atoms with E-state index in [1.807, 2.05) is 24.4 Å². The minimum atomic E-state index is 0.730. The van der Waals surface area contributed by atoms with Crippen molar-refractivity contribution in [2.24, 2.45) is 5.92 Å². The molecular weight excluding hydrogens is 214 g/mol. The van der Waals surface area contributed by atoms with Crippen LogP contribution in [0, 0.1) is 5.92 Å². The Morgan fingerprint density at radius 2 is 2.47 bits per heavy atom. The lowest BCUT2D eigenvalue weighted by Crippen LogP contribution is -2.26. The Labute approximate surface area is 103 Å². The Morgan fingerprint density at radius 1 is 1.53 bits per heavy atom. The molecule has 1 saturated heterocycles. The number of methoxy groups -OCH3 is 1. The summed E-state index contributed by atoms with van der Waals surface area (Å²) in [5, 5.41) is 3.39. The molecule has 0 saturated carbocycles. The number of nitrogens with one attached hydrogen (secondary N) is 1. The van der Waals surface area contributed by atoms with Crippen molar-refractivity contribution >= 4 is 5.82 Å². The van der Waals surface area contributed by atoms with Gasteiger partial charge in [0.1, 0.15) is 5.82 Å². The molecule has 0 unspecified atom stereocenters. The molecule has 1 N–H and O–H groups in total. The first-order valence-corrected chi connectivity index (χ1v) is 6.24. The summed E-state index contributed by atoms with van der Waals surface area (Å²) in [5.74, 6) is 1.71. The first-order chi connectivity index (χ1) is 8.38. The second kappa shape index (κ2) is 6.57. The molecule has 0 radical (unpaired) electrons. The maximum atomic E-state index is 5.10. The van der Waals surface area contributed by atoms with Crippen LogP contribution in [-0.2, 0) is 4.74 Å². The first kappa shape index (κ1) is 12.3. The zero-order chi connectivity index (χ0) is 11.9. The van der Waals surface area contributed by atoms with Crippen molar-refractivity contribution in [3.8, 4) is 0 Å². The van der Waals surface area contributed by atoms with Gasteiger partial charge in [-0.15, -0.1) is 0 Å². The van der Waals surface area contributed by atoms with Crippen molar-refractivity contribution in [3.63, 3.8) is 0 Å². The number of anilines is 1. The van der Waals surface area contributed by atoms with Crippen LogP contribution in [0.15, 0.2) is 24.4 Å². The zero-order valence-corrected chi connectivity index (χ0v) is 10.4. The largest absolute Gasteiger partial charge is 0.383 e. The van der Waals surface area contributed by atoms with Crippen molar-refractivity contribution in [2.45, 2.75) is 6.42 Å². The zero-order valence-electron chi connectivity index (χ0n) is 10.4. The number of likely N-dealkylation sites (tertiary alicyclic amines) is 1. The van der Waals surface area contributed by atoms with E-state index >= 15 is 0 Å². The lowest BCUT2D eigenvalue weighted by Gasteiger charge is -2.15. The van der Waals surface area contributed by atoms with Gasteiger partial charge in [-0.2, -0.15) is 0 Å². The fourth-order valence-electron chi connectivity index (χ4n) is 2.22. The molecule has 1 fully saturated rings. The predicted molar refractivity (Wildman–Crippen MR) is 69.1 cm³/mol. The number of nitrogens with zero attached hydrogens (tertiary/aromatic N) is 2. The molecule has 2 heterocycles. The van der Waals surface area contributed by atoms with Gasteiger partial charge in [0.2, 0.25) is 0 Å². The summed E-state index contributed by atoms with van der Waals surface area (Å²) < 4.78 is 5.10. The third-order valence-electron chi connectivity index (χ3n) is 3.22. The molecule has 2 rings (SSSR count). The maximum absolute atomic E-state index is 5.10. The standard InChI is InChI=1S/C13H21N3O/c1-17-9-8-16-7-5-12(11-16)10-15-13-4-2-3-6-14-13/h2-4,6,12H,5,7-11H2,1H3,(H,14,15)/t12-/m1/s1. The van der Waals surface area contributed by atoms with E-state index in [-0.39, 0.29) is 0 Å². The lowest BCUT2D eigenvalue weighted by molar-refractivity contribution is 0.159. The highest BCUT2D eigenvalue weighted by molar-refractivity contribution is 5.33. The van der Waals surface area contributed by atoms with Crippen molar-refractivity contribution in [3.05, 3.63) is 24.4 Å². The quantitative estimate of drug-likeness (QED) is 0.810. The van der Waals surface area contributed by atoms with E-state index in [0.29, 0.717) is 0 Å². The fraction of sp³-hybridized carbons (Fsp3) is 0.615. The molecule has 4 nitrogen and oxygen atoms in total. The molecule has 0 aliphatic carbocycles. The molecule has 94 valence electrons. The van der Waals surface area contributed by atoms with Gasteiger partial charge in [0.15, 0.2) is 0 Å². The molecule has 1 aromatic rings. The molecule has 1 aromatic heterocycles. The van der Waals surface area contributed by atoms with Gasteiger partial charge in [0.25, 0.3) is 0 Å². The Kier molecular flexibility index (Phi) is 4.76. The van der Waals surface area contributed by atoms with E-state index < -0.39 is 0 Å². The van der Waals surface area contributed by atoms with Crippen LogP contribution in [0.3, 0.4) is 0 Å². The summed E-state index contributed by atoms with van der Waals surface area (Å²) in [6, 6.07) is 5.96. The third kappa shape index (κ3) is 3.98. The van der Waals surface area contributed by atoms with E-state index in [2.05, 4.69) is 15.2 Å². The number of ether oxygens (including phenoxy) is 1. The van der Waals surface area contributed by atoms with Crippen LogP contribution in [0.4, 0.5) is 5.82 Å². The van der Waals surface area contributed by atoms with Crippen molar-refractivity contribution in [2.75, 3.05) is 45.2 Å². The van der Waals surface area contributed by atoms with Crippen LogP contribution in [0.1, 0.15) is 6.42 Å². The summed E-state index contributed by atoms with van der Waals surface area (Å²) >= 11 is 0. The van der Waals surface area contributed by atoms with E-state index in [4.69, 9.17) is 4.74 Å². The van der Waals surface area contributed by atoms with Gasteiger partial charge >= 0.3 is 0 Å². The topological polar surface area (TPSA) is 37.4 Å². The molecular formula is C13H21N3O. The van der Waals surface area contributed by atoms with Crippen LogP contribution in [0.25, 0.3) is 0 Å². The maximum Gasteiger partial charge on any atom is 0.125 e. The number of hydrogen-bond acceptors (Lipinski definition) is 4. The Hall–Kier alpha value is -1.13. The predicted octanol–water partition coefficient (Wildman–Crippen LogP) is 1.46. The lowest BCUT2D eigenvalue weighted by atomic mass is 10.1. The third-order valence-corrected chi connectivity index (χ3v) is 3.22. The van der Waals surface area contributed by atoms with E-state index in [0.717, 1.165) is 31.4 Å². The summed E-state index contributed by atoms with van der Waals surface area (Å²) in [7, 11) is 1.76. The van der Waals surface area contributed by atoms with Crippen molar-refractivity contribution in [1.82, 2.24) is 9.88 Å². The van der Waals surface area contributed by atoms with Crippen LogP contribution >= 0.6 is 0 Å². The van der Waals surface area contributed by atoms with Crippen LogP contribution in [0.5, 0.6) is 0 Å². The summed E-state index contributed by atoms with van der Waals surface area (Å²) in [6.45, 7) is 5.26. The molecule has 0 bridgehead atoms. The van der Waals surface area contributed by atoms with Crippen LogP contribution in [0.2, 0.25) is 0 Å². The SMILES string of the molecule is COCCN1CC[C@H](CNc2ccccn2)C1. The molecule has 1 aliphatic heterocycles. The van der Waals surface area contributed by atoms with Gasteiger partial charge in [0, 0.05) is 32.9 Å². The van der Waals surface area contributed by atoms with E-state index in [1.165, 1.54) is 19.5 Å². The normalized spacial score (nSPS) is 20.6. The minimum Gasteiger partial charge on any atom is -0.383 e. The highest BCUT2D eigenvalue weighted by Crippen LogP contribution is 2.16. The Bertz CT molecular complexity index is 318. The Morgan fingerprint density at radius 3 is 3.24 bits per heavy atom. The molecule has 0 amide bonds. The Balaban J connectivity index is 1.68. The smallest absolute Gasteiger partial charge is 0.125 e. The number of aromatic nitrogens is 1. The summed E-state index contributed by atoms with van der Waals surface area (Å²) in [5.41, 5.74) is 0. The van der Waals surface area contributed by atoms with E-state index in [1.54, 1.807) is 7.11 Å². The summed E-state index contributed by atoms with van der Waals surface area (Å²) in [4.78, 5) is 6.73. The summed E-state index contributed by atoms with van der Waals surface area (Å²) in [6.07, 6.45) is 3.09. The highest BCUT2D eigenvalue weighted by atomic mass is 16.5. The average Bonchev–Trinajstić information content (AvgIpc) is 2.83. The fourth-order valence-corrected chi connectivity index (χ4v) is 2.22. The van der Waals surface area contributed by atoms with Gasteiger partial charge in [-0.3, -0.25) is 0 Å². The minimum absolute atomic E-state index is 0.730. The van der Waals surface area contributed by atoms with Crippen LogP contribution in [-0.4, -0.2) is 49.8 Å². The van der Waals surface area contributed by atoms with E-state index in [9.17, 15) is 0 Å². The first-order valence-electron chi connectivity index (χ1n) is 6.24. The molecule has 1 aliphatic rings. The second-order valence-electron chi connectivity index (χ2n) is 4.54. The molecule has 0 spiro atoms.